The number of halogens is 2. The Morgan fingerprint density at radius 3 is 2.81 bits per heavy atom. The van der Waals surface area contributed by atoms with E-state index in [0.717, 1.165) is 10.2 Å². The molecule has 0 atom stereocenters. The van der Waals surface area contributed by atoms with Crippen molar-refractivity contribution in [3.8, 4) is 5.75 Å². The Hall–Kier alpha value is -1.59. The Morgan fingerprint density at radius 1 is 1.38 bits per heavy atom. The smallest absolute Gasteiger partial charge is 0.255 e. The highest BCUT2D eigenvalue weighted by Gasteiger charge is 2.12. The largest absolute Gasteiger partial charge is 0.495 e. The van der Waals surface area contributed by atoms with Crippen LogP contribution in [0, 0.1) is 0 Å². The quantitative estimate of drug-likeness (QED) is 0.817. The van der Waals surface area contributed by atoms with Crippen LogP contribution in [0.25, 0.3) is 0 Å². The number of hydrogen-bond donors (Lipinski definition) is 1. The number of nitrogens with one attached hydrogen (secondary N) is 1. The third kappa shape index (κ3) is 3.95. The molecule has 0 saturated heterocycles. The second-order valence-corrected chi connectivity index (χ2v) is 5.63. The van der Waals surface area contributed by atoms with Crippen molar-refractivity contribution in [3.05, 3.63) is 51.2 Å². The normalized spacial score (nSPS) is 10.3. The number of ether oxygens (including phenoxy) is 1. The first-order valence-corrected chi connectivity index (χ1v) is 7.52. The van der Waals surface area contributed by atoms with Gasteiger partial charge in [0.2, 0.25) is 0 Å². The zero-order chi connectivity index (χ0) is 15.4. The van der Waals surface area contributed by atoms with Gasteiger partial charge in [-0.15, -0.1) is 0 Å². The maximum Gasteiger partial charge on any atom is 0.255 e. The monoisotopic (exact) mass is 368 g/mol. The molecule has 0 radical (unpaired) electrons. The third-order valence-electron chi connectivity index (χ3n) is 2.88. The summed E-state index contributed by atoms with van der Waals surface area (Å²) in [5.74, 6) is 0.327. The Bertz CT molecular complexity index is 677. The zero-order valence-corrected chi connectivity index (χ0v) is 14.0. The Balaban J connectivity index is 2.30. The lowest BCUT2D eigenvalue weighted by atomic mass is 10.2. The van der Waals surface area contributed by atoms with Crippen molar-refractivity contribution in [2.75, 3.05) is 12.4 Å². The summed E-state index contributed by atoms with van der Waals surface area (Å²) in [5.41, 5.74) is 1.82. The number of amides is 1. The van der Waals surface area contributed by atoms with Crippen molar-refractivity contribution in [2.24, 2.45) is 0 Å². The average molecular weight is 370 g/mol. The summed E-state index contributed by atoms with van der Waals surface area (Å²) in [6.07, 6.45) is 0.709. The van der Waals surface area contributed by atoms with Crippen molar-refractivity contribution in [2.45, 2.75) is 13.3 Å². The van der Waals surface area contributed by atoms with E-state index in [1.165, 1.54) is 0 Å². The fourth-order valence-corrected chi connectivity index (χ4v) is 2.42. The molecule has 0 fully saturated rings. The summed E-state index contributed by atoms with van der Waals surface area (Å²) < 4.78 is 6.08. The van der Waals surface area contributed by atoms with Crippen molar-refractivity contribution >= 4 is 39.1 Å². The van der Waals surface area contributed by atoms with Crippen LogP contribution in [0.5, 0.6) is 5.75 Å². The van der Waals surface area contributed by atoms with Gasteiger partial charge in [0.1, 0.15) is 10.9 Å². The Labute approximate surface area is 136 Å². The summed E-state index contributed by atoms with van der Waals surface area (Å²) in [6.45, 7) is 1.96. The lowest BCUT2D eigenvalue weighted by Crippen LogP contribution is -2.13. The van der Waals surface area contributed by atoms with Crippen LogP contribution in [0.4, 0.5) is 5.69 Å². The van der Waals surface area contributed by atoms with Gasteiger partial charge in [-0.05, 0) is 36.8 Å². The number of pyridine rings is 1. The topological polar surface area (TPSA) is 51.2 Å². The summed E-state index contributed by atoms with van der Waals surface area (Å²) >= 11 is 9.30. The van der Waals surface area contributed by atoms with Gasteiger partial charge in [0, 0.05) is 15.7 Å². The summed E-state index contributed by atoms with van der Waals surface area (Å²) in [5, 5.41) is 3.12. The van der Waals surface area contributed by atoms with Gasteiger partial charge in [-0.3, -0.25) is 4.79 Å². The van der Waals surface area contributed by atoms with Gasteiger partial charge in [0.25, 0.3) is 5.91 Å². The van der Waals surface area contributed by atoms with Crippen LogP contribution in [0.2, 0.25) is 5.15 Å². The molecule has 1 N–H and O–H groups in total. The van der Waals surface area contributed by atoms with Crippen LogP contribution in [0.3, 0.4) is 0 Å². The number of hydrogen-bond acceptors (Lipinski definition) is 3. The van der Waals surface area contributed by atoms with E-state index in [0.29, 0.717) is 28.6 Å². The molecule has 0 unspecified atom stereocenters. The molecule has 1 amide bonds. The van der Waals surface area contributed by atoms with Crippen molar-refractivity contribution in [3.63, 3.8) is 0 Å². The third-order valence-corrected chi connectivity index (χ3v) is 3.57. The first-order chi connectivity index (χ1) is 10.0. The molecular weight excluding hydrogens is 356 g/mol. The summed E-state index contributed by atoms with van der Waals surface area (Å²) in [6, 6.07) is 8.66. The molecule has 4 nitrogen and oxygen atoms in total. The molecule has 1 heterocycles. The van der Waals surface area contributed by atoms with Gasteiger partial charge >= 0.3 is 0 Å². The van der Waals surface area contributed by atoms with E-state index < -0.39 is 0 Å². The van der Waals surface area contributed by atoms with Crippen LogP contribution >= 0.6 is 27.5 Å². The minimum Gasteiger partial charge on any atom is -0.495 e. The molecule has 6 heteroatoms. The predicted molar refractivity (Wildman–Crippen MR) is 87.3 cm³/mol. The van der Waals surface area contributed by atoms with E-state index in [2.05, 4.69) is 26.2 Å². The van der Waals surface area contributed by atoms with Gasteiger partial charge in [-0.2, -0.15) is 0 Å². The van der Waals surface area contributed by atoms with Crippen molar-refractivity contribution in [1.29, 1.82) is 0 Å². The minimum absolute atomic E-state index is 0.259. The minimum atomic E-state index is -0.259. The van der Waals surface area contributed by atoms with Gasteiger partial charge in [0.15, 0.2) is 0 Å². The number of aryl methyl sites for hydroxylation is 1. The molecule has 0 aliphatic rings. The number of methoxy groups -OCH3 is 1. The number of nitrogens with zero attached hydrogens (tertiary/aromatic N) is 1. The predicted octanol–water partition coefficient (Wildman–Crippen LogP) is 4.32. The maximum absolute atomic E-state index is 12.3. The fraction of sp³-hybridized carbons (Fsp3) is 0.200. The molecule has 1 aromatic heterocycles. The van der Waals surface area contributed by atoms with Gasteiger partial charge in [-0.25, -0.2) is 4.98 Å². The van der Waals surface area contributed by atoms with E-state index in [1.807, 2.05) is 13.0 Å². The average Bonchev–Trinajstić information content (AvgIpc) is 2.46. The molecule has 0 saturated carbocycles. The van der Waals surface area contributed by atoms with Gasteiger partial charge < -0.3 is 10.1 Å². The molecule has 0 spiro atoms. The molecule has 110 valence electrons. The number of anilines is 1. The lowest BCUT2D eigenvalue weighted by Gasteiger charge is -2.11. The van der Waals surface area contributed by atoms with E-state index in [9.17, 15) is 4.79 Å². The molecule has 0 bridgehead atoms. The summed E-state index contributed by atoms with van der Waals surface area (Å²) in [7, 11) is 1.55. The lowest BCUT2D eigenvalue weighted by molar-refractivity contribution is 0.102. The van der Waals surface area contributed by atoms with E-state index in [1.54, 1.807) is 31.4 Å². The maximum atomic E-state index is 12.3. The number of benzene rings is 1. The van der Waals surface area contributed by atoms with Crippen molar-refractivity contribution in [1.82, 2.24) is 4.98 Å². The van der Waals surface area contributed by atoms with E-state index >= 15 is 0 Å². The van der Waals surface area contributed by atoms with Crippen LogP contribution < -0.4 is 10.1 Å². The van der Waals surface area contributed by atoms with Crippen LogP contribution in [-0.4, -0.2) is 18.0 Å². The highest BCUT2D eigenvalue weighted by Crippen LogP contribution is 2.28. The van der Waals surface area contributed by atoms with Crippen molar-refractivity contribution < 1.29 is 9.53 Å². The SMILES string of the molecule is CCc1cc(C(=O)Nc2cc(Br)ccc2OC)cc(Cl)n1. The zero-order valence-electron chi connectivity index (χ0n) is 11.6. The second kappa shape index (κ2) is 6.91. The van der Waals surface area contributed by atoms with Crippen LogP contribution in [0.15, 0.2) is 34.8 Å². The molecular formula is C15H14BrClN2O2. The number of rotatable bonds is 4. The highest BCUT2D eigenvalue weighted by atomic mass is 79.9. The van der Waals surface area contributed by atoms with Crippen LogP contribution in [-0.2, 0) is 6.42 Å². The molecule has 0 aliphatic heterocycles. The number of carbonyl (C=O) groups excluding carboxylic acids is 1. The van der Waals surface area contributed by atoms with Crippen LogP contribution in [0.1, 0.15) is 23.0 Å². The van der Waals surface area contributed by atoms with E-state index in [4.69, 9.17) is 16.3 Å². The molecule has 1 aromatic carbocycles. The molecule has 2 aromatic rings. The first kappa shape index (κ1) is 15.8. The Morgan fingerprint density at radius 2 is 2.14 bits per heavy atom. The van der Waals surface area contributed by atoms with Gasteiger partial charge in [-0.1, -0.05) is 34.5 Å². The van der Waals surface area contributed by atoms with Gasteiger partial charge in [0.05, 0.1) is 12.8 Å². The molecule has 2 rings (SSSR count). The molecule has 0 aliphatic carbocycles. The van der Waals surface area contributed by atoms with E-state index in [-0.39, 0.29) is 5.91 Å². The molecule has 21 heavy (non-hydrogen) atoms. The Kier molecular flexibility index (Phi) is 5.20. The number of carbonyl (C=O) groups is 1. The first-order valence-electron chi connectivity index (χ1n) is 6.35. The highest BCUT2D eigenvalue weighted by molar-refractivity contribution is 9.10. The standard InChI is InChI=1S/C15H14BrClN2O2/c1-3-11-6-9(7-14(17)18-11)15(20)19-12-8-10(16)4-5-13(12)21-2/h4-8H,3H2,1-2H3,(H,19,20). The number of aromatic nitrogens is 1. The fourth-order valence-electron chi connectivity index (χ4n) is 1.84. The second-order valence-electron chi connectivity index (χ2n) is 4.32. The summed E-state index contributed by atoms with van der Waals surface area (Å²) in [4.78, 5) is 16.5.